The van der Waals surface area contributed by atoms with Gasteiger partial charge in [-0.1, -0.05) is 13.8 Å². The van der Waals surface area contributed by atoms with E-state index in [9.17, 15) is 4.79 Å². The van der Waals surface area contributed by atoms with Gasteiger partial charge in [0, 0.05) is 31.4 Å². The van der Waals surface area contributed by atoms with Gasteiger partial charge in [-0.05, 0) is 57.4 Å². The van der Waals surface area contributed by atoms with Gasteiger partial charge < -0.3 is 9.80 Å². The smallest absolute Gasteiger partial charge is 0.272 e. The molecule has 5 heteroatoms. The van der Waals surface area contributed by atoms with Crippen LogP contribution in [0.2, 0.25) is 0 Å². The van der Waals surface area contributed by atoms with Gasteiger partial charge in [0.05, 0.1) is 0 Å². The first kappa shape index (κ1) is 17.2. The zero-order valence-corrected chi connectivity index (χ0v) is 15.1. The summed E-state index contributed by atoms with van der Waals surface area (Å²) in [6, 6.07) is 2.64. The fourth-order valence-electron chi connectivity index (χ4n) is 4.13. The molecule has 0 aromatic carbocycles. The minimum absolute atomic E-state index is 0.0789. The predicted molar refractivity (Wildman–Crippen MR) is 96.3 cm³/mol. The maximum atomic E-state index is 13.0. The standard InChI is InChI=1S/C19H30N4O/c1-3-15-9-5-7-13-22(15)18(24)17-11-12-20-19(21-17)23-14-8-6-10-16(23)4-2/h11-12,15-16H,3-10,13-14H2,1-2H3. The third-order valence-corrected chi connectivity index (χ3v) is 5.58. The Morgan fingerprint density at radius 2 is 1.79 bits per heavy atom. The number of anilines is 1. The zero-order valence-electron chi connectivity index (χ0n) is 15.1. The highest BCUT2D eigenvalue weighted by atomic mass is 16.2. The van der Waals surface area contributed by atoms with Crippen molar-refractivity contribution in [3.63, 3.8) is 0 Å². The molecule has 0 saturated carbocycles. The topological polar surface area (TPSA) is 49.3 Å². The molecule has 3 rings (SSSR count). The molecule has 0 spiro atoms. The number of hydrogen-bond donors (Lipinski definition) is 0. The van der Waals surface area contributed by atoms with Crippen LogP contribution >= 0.6 is 0 Å². The number of aromatic nitrogens is 2. The maximum Gasteiger partial charge on any atom is 0.272 e. The molecule has 1 aromatic heterocycles. The van der Waals surface area contributed by atoms with Gasteiger partial charge in [0.15, 0.2) is 0 Å². The number of amides is 1. The van der Waals surface area contributed by atoms with E-state index in [1.807, 2.05) is 4.90 Å². The van der Waals surface area contributed by atoms with Crippen molar-refractivity contribution in [2.45, 2.75) is 77.3 Å². The molecular weight excluding hydrogens is 300 g/mol. The molecule has 0 N–H and O–H groups in total. The first-order chi connectivity index (χ1) is 11.7. The van der Waals surface area contributed by atoms with Crippen LogP contribution in [-0.4, -0.2) is 45.9 Å². The van der Waals surface area contributed by atoms with Crippen LogP contribution in [-0.2, 0) is 0 Å². The first-order valence-corrected chi connectivity index (χ1v) is 9.65. The van der Waals surface area contributed by atoms with E-state index < -0.39 is 0 Å². The summed E-state index contributed by atoms with van der Waals surface area (Å²) in [6.07, 6.45) is 11.0. The zero-order chi connectivity index (χ0) is 16.9. The van der Waals surface area contributed by atoms with Crippen LogP contribution in [0.1, 0.15) is 75.7 Å². The molecule has 2 fully saturated rings. The lowest BCUT2D eigenvalue weighted by atomic mass is 9.99. The van der Waals surface area contributed by atoms with Crippen molar-refractivity contribution in [1.29, 1.82) is 0 Å². The lowest BCUT2D eigenvalue weighted by Crippen LogP contribution is -2.44. The summed E-state index contributed by atoms with van der Waals surface area (Å²) in [5.74, 6) is 0.813. The number of hydrogen-bond acceptors (Lipinski definition) is 4. The second-order valence-corrected chi connectivity index (χ2v) is 7.05. The van der Waals surface area contributed by atoms with Crippen molar-refractivity contribution in [2.24, 2.45) is 0 Å². The number of carbonyl (C=O) groups excluding carboxylic acids is 1. The van der Waals surface area contributed by atoms with Crippen LogP contribution in [0.5, 0.6) is 0 Å². The molecular formula is C19H30N4O. The van der Waals surface area contributed by atoms with Gasteiger partial charge in [0.2, 0.25) is 5.95 Å². The number of rotatable bonds is 4. The maximum absolute atomic E-state index is 13.0. The van der Waals surface area contributed by atoms with Crippen molar-refractivity contribution in [1.82, 2.24) is 14.9 Å². The minimum Gasteiger partial charge on any atom is -0.338 e. The summed E-state index contributed by atoms with van der Waals surface area (Å²) in [6.45, 7) is 6.24. The third kappa shape index (κ3) is 3.55. The van der Waals surface area contributed by atoms with Gasteiger partial charge in [-0.25, -0.2) is 9.97 Å². The van der Waals surface area contributed by atoms with E-state index in [1.165, 1.54) is 25.7 Å². The van der Waals surface area contributed by atoms with Crippen LogP contribution < -0.4 is 4.90 Å². The third-order valence-electron chi connectivity index (χ3n) is 5.58. The van der Waals surface area contributed by atoms with Crippen LogP contribution in [0.25, 0.3) is 0 Å². The molecule has 132 valence electrons. The van der Waals surface area contributed by atoms with Gasteiger partial charge in [-0.3, -0.25) is 4.79 Å². The summed E-state index contributed by atoms with van der Waals surface area (Å²) in [5, 5.41) is 0. The highest BCUT2D eigenvalue weighted by Crippen LogP contribution is 2.25. The molecule has 2 saturated heterocycles. The Morgan fingerprint density at radius 1 is 1.08 bits per heavy atom. The predicted octanol–water partition coefficient (Wildman–Crippen LogP) is 3.65. The average Bonchev–Trinajstić information content (AvgIpc) is 2.67. The molecule has 2 aliphatic rings. The first-order valence-electron chi connectivity index (χ1n) is 9.65. The van der Waals surface area contributed by atoms with E-state index in [2.05, 4.69) is 28.7 Å². The van der Waals surface area contributed by atoms with E-state index in [4.69, 9.17) is 0 Å². The van der Waals surface area contributed by atoms with Crippen LogP contribution in [0.3, 0.4) is 0 Å². The molecule has 2 aliphatic heterocycles. The number of likely N-dealkylation sites (tertiary alicyclic amines) is 1. The van der Waals surface area contributed by atoms with Crippen LogP contribution in [0.15, 0.2) is 12.3 Å². The van der Waals surface area contributed by atoms with Gasteiger partial charge >= 0.3 is 0 Å². The molecule has 3 heterocycles. The molecule has 0 radical (unpaired) electrons. The lowest BCUT2D eigenvalue weighted by molar-refractivity contribution is 0.0602. The van der Waals surface area contributed by atoms with E-state index in [1.54, 1.807) is 12.3 Å². The lowest BCUT2D eigenvalue weighted by Gasteiger charge is -2.36. The molecule has 2 atom stereocenters. The van der Waals surface area contributed by atoms with Gasteiger partial charge in [0.25, 0.3) is 5.91 Å². The second kappa shape index (κ2) is 7.95. The second-order valence-electron chi connectivity index (χ2n) is 7.05. The Balaban J connectivity index is 1.80. The number of nitrogens with zero attached hydrogens (tertiary/aromatic N) is 4. The quantitative estimate of drug-likeness (QED) is 0.845. The Kier molecular flexibility index (Phi) is 5.69. The van der Waals surface area contributed by atoms with Gasteiger partial charge in [-0.2, -0.15) is 0 Å². The van der Waals surface area contributed by atoms with Crippen LogP contribution in [0, 0.1) is 0 Å². The summed E-state index contributed by atoms with van der Waals surface area (Å²) < 4.78 is 0. The molecule has 24 heavy (non-hydrogen) atoms. The molecule has 0 bridgehead atoms. The summed E-state index contributed by atoms with van der Waals surface area (Å²) in [7, 11) is 0. The minimum atomic E-state index is 0.0789. The largest absolute Gasteiger partial charge is 0.338 e. The molecule has 5 nitrogen and oxygen atoms in total. The van der Waals surface area contributed by atoms with E-state index in [0.717, 1.165) is 44.7 Å². The number of piperidine rings is 2. The van der Waals surface area contributed by atoms with Crippen molar-refractivity contribution in [2.75, 3.05) is 18.0 Å². The molecule has 0 aliphatic carbocycles. The molecule has 1 aromatic rings. The summed E-state index contributed by atoms with van der Waals surface area (Å²) in [5.41, 5.74) is 0.556. The average molecular weight is 330 g/mol. The Labute approximate surface area is 145 Å². The van der Waals surface area contributed by atoms with Crippen molar-refractivity contribution in [3.05, 3.63) is 18.0 Å². The summed E-state index contributed by atoms with van der Waals surface area (Å²) in [4.78, 5) is 26.4. The highest BCUT2D eigenvalue weighted by Gasteiger charge is 2.28. The van der Waals surface area contributed by atoms with Crippen molar-refractivity contribution < 1.29 is 4.79 Å². The van der Waals surface area contributed by atoms with Gasteiger partial charge in [0.1, 0.15) is 5.69 Å². The van der Waals surface area contributed by atoms with Crippen LogP contribution in [0.4, 0.5) is 5.95 Å². The number of carbonyl (C=O) groups is 1. The van der Waals surface area contributed by atoms with Crippen molar-refractivity contribution >= 4 is 11.9 Å². The normalized spacial score (nSPS) is 24.9. The Bertz CT molecular complexity index is 562. The Morgan fingerprint density at radius 3 is 2.54 bits per heavy atom. The Hall–Kier alpha value is -1.65. The highest BCUT2D eigenvalue weighted by molar-refractivity contribution is 5.92. The fourth-order valence-corrected chi connectivity index (χ4v) is 4.13. The fraction of sp³-hybridized carbons (Fsp3) is 0.737. The van der Waals surface area contributed by atoms with Crippen molar-refractivity contribution in [3.8, 4) is 0 Å². The SMILES string of the molecule is CCC1CCCCN1C(=O)c1ccnc(N2CCCCC2CC)n1. The molecule has 1 amide bonds. The monoisotopic (exact) mass is 330 g/mol. The molecule has 2 unspecified atom stereocenters. The van der Waals surface area contributed by atoms with E-state index in [0.29, 0.717) is 17.8 Å². The van der Waals surface area contributed by atoms with E-state index >= 15 is 0 Å². The summed E-state index contributed by atoms with van der Waals surface area (Å²) >= 11 is 0. The van der Waals surface area contributed by atoms with Gasteiger partial charge in [-0.15, -0.1) is 0 Å². The van der Waals surface area contributed by atoms with E-state index in [-0.39, 0.29) is 5.91 Å².